The van der Waals surface area contributed by atoms with Crippen LogP contribution < -0.4 is 5.32 Å². The van der Waals surface area contributed by atoms with Gasteiger partial charge in [0.15, 0.2) is 5.78 Å². The van der Waals surface area contributed by atoms with E-state index in [1.54, 1.807) is 12.1 Å². The van der Waals surface area contributed by atoms with Gasteiger partial charge in [0.25, 0.3) is 0 Å². The second-order valence-electron chi connectivity index (χ2n) is 6.67. The summed E-state index contributed by atoms with van der Waals surface area (Å²) in [6, 6.07) is 6.98. The number of carbonyl (C=O) groups is 2. The van der Waals surface area contributed by atoms with Crippen LogP contribution in [0, 0.1) is 11.8 Å². The lowest BCUT2D eigenvalue weighted by molar-refractivity contribution is -0.121. The Morgan fingerprint density at radius 3 is 2.36 bits per heavy atom. The topological polar surface area (TPSA) is 49.4 Å². The Bertz CT molecular complexity index is 546. The first-order valence-electron chi connectivity index (χ1n) is 8.03. The molecule has 1 aromatic carbocycles. The maximum atomic E-state index is 12.5. The van der Waals surface area contributed by atoms with Crippen LogP contribution in [0.3, 0.4) is 0 Å². The standard InChI is InChI=1S/C18H26N2O2/c1-12-9-13(2)11-20(10-12)14(3)18(22)19-17-8-6-5-7-16(17)15(4)21/h5-8,12-14H,9-11H2,1-4H3,(H,19,22)/t12-,13+,14-/m0/s1. The monoisotopic (exact) mass is 302 g/mol. The van der Waals surface area contributed by atoms with Gasteiger partial charge in [0.2, 0.25) is 5.91 Å². The van der Waals surface area contributed by atoms with E-state index in [0.717, 1.165) is 13.1 Å². The minimum Gasteiger partial charge on any atom is -0.324 e. The summed E-state index contributed by atoms with van der Waals surface area (Å²) in [6.07, 6.45) is 1.22. The molecule has 2 rings (SSSR count). The number of likely N-dealkylation sites (tertiary alicyclic amines) is 1. The van der Waals surface area contributed by atoms with Crippen LogP contribution in [-0.4, -0.2) is 35.7 Å². The maximum Gasteiger partial charge on any atom is 0.241 e. The van der Waals surface area contributed by atoms with Crippen molar-refractivity contribution in [1.82, 2.24) is 4.90 Å². The number of ketones is 1. The number of Topliss-reactive ketones (excluding diaryl/α,β-unsaturated/α-hetero) is 1. The number of benzene rings is 1. The molecule has 0 radical (unpaired) electrons. The van der Waals surface area contributed by atoms with Gasteiger partial charge in [-0.05, 0) is 44.2 Å². The number of anilines is 1. The second kappa shape index (κ2) is 7.05. The third kappa shape index (κ3) is 3.95. The number of nitrogens with one attached hydrogen (secondary N) is 1. The molecule has 1 aromatic rings. The van der Waals surface area contributed by atoms with Crippen molar-refractivity contribution in [3.63, 3.8) is 0 Å². The zero-order chi connectivity index (χ0) is 16.3. The average Bonchev–Trinajstić information content (AvgIpc) is 2.45. The van der Waals surface area contributed by atoms with E-state index in [1.807, 2.05) is 19.1 Å². The summed E-state index contributed by atoms with van der Waals surface area (Å²) < 4.78 is 0. The van der Waals surface area contributed by atoms with Crippen LogP contribution in [0.1, 0.15) is 44.5 Å². The first kappa shape index (κ1) is 16.7. The van der Waals surface area contributed by atoms with Crippen LogP contribution in [-0.2, 0) is 4.79 Å². The summed E-state index contributed by atoms with van der Waals surface area (Å²) in [5, 5.41) is 2.92. The van der Waals surface area contributed by atoms with Crippen molar-refractivity contribution in [2.75, 3.05) is 18.4 Å². The van der Waals surface area contributed by atoms with Gasteiger partial charge in [-0.15, -0.1) is 0 Å². The zero-order valence-electron chi connectivity index (χ0n) is 13.9. The minimum atomic E-state index is -0.190. The van der Waals surface area contributed by atoms with E-state index in [2.05, 4.69) is 24.1 Å². The number of hydrogen-bond acceptors (Lipinski definition) is 3. The lowest BCUT2D eigenvalue weighted by Gasteiger charge is -2.38. The number of amides is 1. The molecule has 3 atom stereocenters. The fraction of sp³-hybridized carbons (Fsp3) is 0.556. The van der Waals surface area contributed by atoms with E-state index in [1.165, 1.54) is 13.3 Å². The first-order valence-corrected chi connectivity index (χ1v) is 8.03. The van der Waals surface area contributed by atoms with Crippen molar-refractivity contribution in [2.24, 2.45) is 11.8 Å². The molecule has 1 saturated heterocycles. The third-order valence-corrected chi connectivity index (χ3v) is 4.39. The first-order chi connectivity index (χ1) is 10.4. The summed E-state index contributed by atoms with van der Waals surface area (Å²) in [5.74, 6) is 1.14. The van der Waals surface area contributed by atoms with Crippen LogP contribution in [0.15, 0.2) is 24.3 Å². The summed E-state index contributed by atoms with van der Waals surface area (Å²) in [7, 11) is 0. The molecule has 1 heterocycles. The lowest BCUT2D eigenvalue weighted by atomic mass is 9.91. The molecule has 1 N–H and O–H groups in total. The highest BCUT2D eigenvalue weighted by Gasteiger charge is 2.29. The minimum absolute atomic E-state index is 0.0382. The predicted octanol–water partition coefficient (Wildman–Crippen LogP) is 3.19. The molecule has 0 saturated carbocycles. The lowest BCUT2D eigenvalue weighted by Crippen LogP contribution is -2.48. The van der Waals surface area contributed by atoms with Crippen LogP contribution in [0.4, 0.5) is 5.69 Å². The highest BCUT2D eigenvalue weighted by atomic mass is 16.2. The molecule has 120 valence electrons. The molecule has 1 fully saturated rings. The Morgan fingerprint density at radius 1 is 1.18 bits per heavy atom. The average molecular weight is 302 g/mol. The van der Waals surface area contributed by atoms with Gasteiger partial charge in [0.05, 0.1) is 11.7 Å². The maximum absolute atomic E-state index is 12.5. The van der Waals surface area contributed by atoms with Crippen LogP contribution in [0.5, 0.6) is 0 Å². The molecule has 4 nitrogen and oxygen atoms in total. The fourth-order valence-electron chi connectivity index (χ4n) is 3.33. The van der Waals surface area contributed by atoms with Gasteiger partial charge < -0.3 is 5.32 Å². The molecular weight excluding hydrogens is 276 g/mol. The molecular formula is C18H26N2O2. The highest BCUT2D eigenvalue weighted by molar-refractivity contribution is 6.04. The molecule has 0 bridgehead atoms. The van der Waals surface area contributed by atoms with Gasteiger partial charge in [0.1, 0.15) is 0 Å². The van der Waals surface area contributed by atoms with Gasteiger partial charge in [-0.2, -0.15) is 0 Å². The van der Waals surface area contributed by atoms with Gasteiger partial charge in [0, 0.05) is 18.7 Å². The zero-order valence-corrected chi connectivity index (χ0v) is 13.9. The Kier molecular flexibility index (Phi) is 5.35. The third-order valence-electron chi connectivity index (χ3n) is 4.39. The van der Waals surface area contributed by atoms with Crippen molar-refractivity contribution < 1.29 is 9.59 Å². The normalized spacial score (nSPS) is 23.8. The number of carbonyl (C=O) groups excluding carboxylic acids is 2. The summed E-state index contributed by atoms with van der Waals surface area (Å²) >= 11 is 0. The smallest absolute Gasteiger partial charge is 0.241 e. The summed E-state index contributed by atoms with van der Waals surface area (Å²) in [4.78, 5) is 26.4. The van der Waals surface area contributed by atoms with E-state index < -0.39 is 0 Å². The molecule has 4 heteroatoms. The molecule has 0 unspecified atom stereocenters. The number of piperidine rings is 1. The van der Waals surface area contributed by atoms with Crippen molar-refractivity contribution >= 4 is 17.4 Å². The Balaban J connectivity index is 2.07. The Labute approximate surface area is 132 Å². The van der Waals surface area contributed by atoms with E-state index in [0.29, 0.717) is 23.1 Å². The fourth-order valence-corrected chi connectivity index (χ4v) is 3.33. The molecule has 0 spiro atoms. The van der Waals surface area contributed by atoms with Crippen molar-refractivity contribution in [1.29, 1.82) is 0 Å². The Morgan fingerprint density at radius 2 is 1.77 bits per heavy atom. The Hall–Kier alpha value is -1.68. The van der Waals surface area contributed by atoms with Gasteiger partial charge in [-0.1, -0.05) is 26.0 Å². The predicted molar refractivity (Wildman–Crippen MR) is 89.1 cm³/mol. The van der Waals surface area contributed by atoms with Crippen LogP contribution in [0.25, 0.3) is 0 Å². The molecule has 1 amide bonds. The SMILES string of the molecule is CC(=O)c1ccccc1NC(=O)[C@H](C)N1C[C@H](C)C[C@H](C)C1. The second-order valence-corrected chi connectivity index (χ2v) is 6.67. The quantitative estimate of drug-likeness (QED) is 0.869. The number of hydrogen-bond donors (Lipinski definition) is 1. The van der Waals surface area contributed by atoms with E-state index in [-0.39, 0.29) is 17.7 Å². The van der Waals surface area contributed by atoms with E-state index >= 15 is 0 Å². The molecule has 22 heavy (non-hydrogen) atoms. The van der Waals surface area contributed by atoms with Crippen molar-refractivity contribution in [3.8, 4) is 0 Å². The van der Waals surface area contributed by atoms with E-state index in [4.69, 9.17) is 0 Å². The van der Waals surface area contributed by atoms with Gasteiger partial charge >= 0.3 is 0 Å². The summed E-state index contributed by atoms with van der Waals surface area (Å²) in [5.41, 5.74) is 1.16. The highest BCUT2D eigenvalue weighted by Crippen LogP contribution is 2.23. The van der Waals surface area contributed by atoms with Crippen LogP contribution >= 0.6 is 0 Å². The molecule has 0 aliphatic carbocycles. The summed E-state index contributed by atoms with van der Waals surface area (Å²) in [6.45, 7) is 9.83. The van der Waals surface area contributed by atoms with E-state index in [9.17, 15) is 9.59 Å². The number of rotatable bonds is 4. The van der Waals surface area contributed by atoms with Crippen LogP contribution in [0.2, 0.25) is 0 Å². The van der Waals surface area contributed by atoms with Gasteiger partial charge in [-0.25, -0.2) is 0 Å². The molecule has 1 aliphatic rings. The van der Waals surface area contributed by atoms with Gasteiger partial charge in [-0.3, -0.25) is 14.5 Å². The van der Waals surface area contributed by atoms with Crippen molar-refractivity contribution in [3.05, 3.63) is 29.8 Å². The number of para-hydroxylation sites is 1. The molecule has 0 aromatic heterocycles. The van der Waals surface area contributed by atoms with Crippen molar-refractivity contribution in [2.45, 2.75) is 40.2 Å². The number of nitrogens with zero attached hydrogens (tertiary/aromatic N) is 1. The largest absolute Gasteiger partial charge is 0.324 e. The molecule has 1 aliphatic heterocycles.